The van der Waals surface area contributed by atoms with Gasteiger partial charge in [-0.05, 0) is 48.0 Å². The highest BCUT2D eigenvalue weighted by Crippen LogP contribution is 2.35. The molecule has 0 aliphatic carbocycles. The second kappa shape index (κ2) is 5.91. The Balaban J connectivity index is 2.21. The summed E-state index contributed by atoms with van der Waals surface area (Å²) in [5.74, 6) is 1.43. The normalized spacial score (nSPS) is 18.9. The predicted molar refractivity (Wildman–Crippen MR) is 74.6 cm³/mol. The number of carboxylic acid groups (broad SMARTS) is 1. The topological polar surface area (TPSA) is 37.3 Å². The molecule has 0 bridgehead atoms. The summed E-state index contributed by atoms with van der Waals surface area (Å²) in [4.78, 5) is 11.5. The lowest BCUT2D eigenvalue weighted by Gasteiger charge is -2.27. The molecule has 2 nitrogen and oxygen atoms in total. The average Bonchev–Trinajstić information content (AvgIpc) is 2.33. The van der Waals surface area contributed by atoms with Crippen LogP contribution in [0.25, 0.3) is 0 Å². The summed E-state index contributed by atoms with van der Waals surface area (Å²) in [5, 5.41) is 9.43. The van der Waals surface area contributed by atoms with Crippen molar-refractivity contribution < 1.29 is 9.90 Å². The summed E-state index contributed by atoms with van der Waals surface area (Å²) < 4.78 is 0.990. The monoisotopic (exact) mass is 314 g/mol. The van der Waals surface area contributed by atoms with Gasteiger partial charge >= 0.3 is 5.97 Å². The first kappa shape index (κ1) is 13.0. The van der Waals surface area contributed by atoms with Crippen molar-refractivity contribution in [2.24, 2.45) is 5.92 Å². The molecular formula is C13H15BrO2S. The molecule has 92 valence electrons. The lowest BCUT2D eigenvalue weighted by atomic mass is 9.82. The van der Waals surface area contributed by atoms with Crippen LogP contribution in [0.15, 0.2) is 28.7 Å². The summed E-state index contributed by atoms with van der Waals surface area (Å²) in [5.41, 5.74) is 0.928. The summed E-state index contributed by atoms with van der Waals surface area (Å²) in [6, 6.07) is 7.68. The number of thioether (sulfide) groups is 1. The lowest BCUT2D eigenvalue weighted by Crippen LogP contribution is -2.25. The van der Waals surface area contributed by atoms with Crippen LogP contribution in [0.5, 0.6) is 0 Å². The summed E-state index contributed by atoms with van der Waals surface area (Å²) in [6.07, 6.45) is 2.02. The minimum atomic E-state index is -0.691. The van der Waals surface area contributed by atoms with E-state index in [4.69, 9.17) is 0 Å². The van der Waals surface area contributed by atoms with Crippen LogP contribution in [0.4, 0.5) is 0 Å². The van der Waals surface area contributed by atoms with Crippen LogP contribution in [0, 0.1) is 5.92 Å². The molecule has 2 rings (SSSR count). The third-order valence-electron chi connectivity index (χ3n) is 3.23. The fraction of sp³-hybridized carbons (Fsp3) is 0.462. The fourth-order valence-electron chi connectivity index (χ4n) is 2.34. The van der Waals surface area contributed by atoms with E-state index in [0.29, 0.717) is 0 Å². The van der Waals surface area contributed by atoms with Gasteiger partial charge in [-0.2, -0.15) is 11.8 Å². The highest BCUT2D eigenvalue weighted by Gasteiger charge is 2.30. The summed E-state index contributed by atoms with van der Waals surface area (Å²) in [7, 11) is 0. The molecule has 0 saturated carbocycles. The molecule has 4 heteroatoms. The van der Waals surface area contributed by atoms with Gasteiger partial charge in [-0.25, -0.2) is 0 Å². The molecular weight excluding hydrogens is 300 g/mol. The Morgan fingerprint density at radius 2 is 1.88 bits per heavy atom. The Bertz CT molecular complexity index is 385. The molecule has 1 heterocycles. The van der Waals surface area contributed by atoms with Gasteiger partial charge in [-0.1, -0.05) is 28.1 Å². The minimum absolute atomic E-state index is 0.287. The van der Waals surface area contributed by atoms with Gasteiger partial charge in [0.2, 0.25) is 0 Å². The third kappa shape index (κ3) is 3.26. The highest BCUT2D eigenvalue weighted by molar-refractivity contribution is 9.10. The maximum atomic E-state index is 11.5. The van der Waals surface area contributed by atoms with E-state index in [-0.39, 0.29) is 11.8 Å². The van der Waals surface area contributed by atoms with Gasteiger partial charge in [-0.3, -0.25) is 4.79 Å². The zero-order valence-electron chi connectivity index (χ0n) is 9.43. The molecule has 1 saturated heterocycles. The fourth-order valence-corrected chi connectivity index (χ4v) is 3.74. The van der Waals surface area contributed by atoms with Crippen LogP contribution in [-0.2, 0) is 4.79 Å². The lowest BCUT2D eigenvalue weighted by molar-refractivity contribution is -0.140. The molecule has 1 unspecified atom stereocenters. The number of benzene rings is 1. The van der Waals surface area contributed by atoms with Gasteiger partial charge in [0.1, 0.15) is 0 Å². The van der Waals surface area contributed by atoms with Crippen LogP contribution < -0.4 is 0 Å². The molecule has 0 spiro atoms. The Morgan fingerprint density at radius 1 is 1.29 bits per heavy atom. The average molecular weight is 315 g/mol. The minimum Gasteiger partial charge on any atom is -0.481 e. The van der Waals surface area contributed by atoms with Crippen molar-refractivity contribution >= 4 is 33.7 Å². The maximum Gasteiger partial charge on any atom is 0.311 e. The Kier molecular flexibility index (Phi) is 4.51. The third-order valence-corrected chi connectivity index (χ3v) is 4.81. The van der Waals surface area contributed by atoms with Crippen molar-refractivity contribution in [1.82, 2.24) is 0 Å². The van der Waals surface area contributed by atoms with Crippen LogP contribution >= 0.6 is 27.7 Å². The largest absolute Gasteiger partial charge is 0.481 e. The van der Waals surface area contributed by atoms with Crippen molar-refractivity contribution in [2.45, 2.75) is 18.8 Å². The van der Waals surface area contributed by atoms with E-state index in [1.54, 1.807) is 0 Å². The molecule has 1 aromatic rings. The predicted octanol–water partition coefficient (Wildman–Crippen LogP) is 3.76. The Hall–Kier alpha value is -0.480. The van der Waals surface area contributed by atoms with Gasteiger partial charge in [-0.15, -0.1) is 0 Å². The van der Waals surface area contributed by atoms with Crippen LogP contribution in [-0.4, -0.2) is 22.6 Å². The van der Waals surface area contributed by atoms with E-state index >= 15 is 0 Å². The molecule has 1 fully saturated rings. The first-order valence-corrected chi connectivity index (χ1v) is 7.69. The summed E-state index contributed by atoms with van der Waals surface area (Å²) >= 11 is 5.30. The van der Waals surface area contributed by atoms with Gasteiger partial charge in [0.25, 0.3) is 0 Å². The first-order chi connectivity index (χ1) is 8.18. The van der Waals surface area contributed by atoms with Crippen molar-refractivity contribution in [3.63, 3.8) is 0 Å². The van der Waals surface area contributed by atoms with Gasteiger partial charge in [0, 0.05) is 4.47 Å². The molecule has 0 amide bonds. The molecule has 1 atom stereocenters. The van der Waals surface area contributed by atoms with Crippen LogP contribution in [0.2, 0.25) is 0 Å². The molecule has 17 heavy (non-hydrogen) atoms. The standard InChI is InChI=1S/C13H15BrO2S/c14-11-3-1-9(2-4-11)12(13(15)16)10-5-7-17-8-6-10/h1-4,10,12H,5-8H2,(H,15,16). The van der Waals surface area contributed by atoms with Crippen LogP contribution in [0.3, 0.4) is 0 Å². The second-order valence-corrected chi connectivity index (χ2v) is 6.46. The van der Waals surface area contributed by atoms with E-state index in [1.165, 1.54) is 0 Å². The van der Waals surface area contributed by atoms with Crippen molar-refractivity contribution in [3.8, 4) is 0 Å². The number of hydrogen-bond acceptors (Lipinski definition) is 2. The van der Waals surface area contributed by atoms with E-state index < -0.39 is 5.97 Å². The number of hydrogen-bond donors (Lipinski definition) is 1. The van der Waals surface area contributed by atoms with E-state index in [1.807, 2.05) is 36.0 Å². The molecule has 1 aliphatic heterocycles. The molecule has 0 aromatic heterocycles. The van der Waals surface area contributed by atoms with Crippen molar-refractivity contribution in [1.29, 1.82) is 0 Å². The maximum absolute atomic E-state index is 11.5. The smallest absolute Gasteiger partial charge is 0.311 e. The van der Waals surface area contributed by atoms with Gasteiger partial charge in [0.15, 0.2) is 0 Å². The summed E-state index contributed by atoms with van der Waals surface area (Å²) in [6.45, 7) is 0. The van der Waals surface area contributed by atoms with Crippen molar-refractivity contribution in [3.05, 3.63) is 34.3 Å². The number of aliphatic carboxylic acids is 1. The molecule has 1 N–H and O–H groups in total. The van der Waals surface area contributed by atoms with Crippen LogP contribution in [0.1, 0.15) is 24.3 Å². The molecule has 1 aliphatic rings. The van der Waals surface area contributed by atoms with Crippen molar-refractivity contribution in [2.75, 3.05) is 11.5 Å². The molecule has 1 aromatic carbocycles. The van der Waals surface area contributed by atoms with E-state index in [2.05, 4.69) is 15.9 Å². The Labute approximate surface area is 114 Å². The van der Waals surface area contributed by atoms with Gasteiger partial charge < -0.3 is 5.11 Å². The Morgan fingerprint density at radius 3 is 2.41 bits per heavy atom. The van der Waals surface area contributed by atoms with E-state index in [9.17, 15) is 9.90 Å². The zero-order valence-corrected chi connectivity index (χ0v) is 11.8. The zero-order chi connectivity index (χ0) is 12.3. The highest BCUT2D eigenvalue weighted by atomic mass is 79.9. The van der Waals surface area contributed by atoms with E-state index in [0.717, 1.165) is 34.4 Å². The second-order valence-electron chi connectivity index (χ2n) is 4.32. The SMILES string of the molecule is O=C(O)C(c1ccc(Br)cc1)C1CCSCC1. The van der Waals surface area contributed by atoms with Gasteiger partial charge in [0.05, 0.1) is 5.92 Å². The number of rotatable bonds is 3. The molecule has 0 radical (unpaired) electrons. The number of carbonyl (C=O) groups is 1. The quantitative estimate of drug-likeness (QED) is 0.923. The number of halogens is 1. The first-order valence-electron chi connectivity index (χ1n) is 5.74. The number of carboxylic acids is 1.